The van der Waals surface area contributed by atoms with Crippen LogP contribution in [-0.4, -0.2) is 9.97 Å². The third-order valence-electron chi connectivity index (χ3n) is 7.31. The van der Waals surface area contributed by atoms with E-state index in [-0.39, 0.29) is 32.7 Å². The molecular formula is C33H29N3O2. The van der Waals surface area contributed by atoms with Crippen molar-refractivity contribution in [3.05, 3.63) is 104 Å². The lowest BCUT2D eigenvalue weighted by atomic mass is 9.81. The second-order valence-corrected chi connectivity index (χ2v) is 12.1. The van der Waals surface area contributed by atoms with E-state index >= 15 is 0 Å². The summed E-state index contributed by atoms with van der Waals surface area (Å²) in [5, 5.41) is 3.15. The highest BCUT2D eigenvalue weighted by atomic mass is 16.1. The largest absolute Gasteiger partial charge is 0.287 e. The van der Waals surface area contributed by atoms with Crippen molar-refractivity contribution in [3.63, 3.8) is 0 Å². The molecule has 0 saturated carbocycles. The Labute approximate surface area is 220 Å². The Morgan fingerprint density at radius 1 is 0.579 bits per heavy atom. The number of rotatable bonds is 1. The number of hydrogen-bond acceptors (Lipinski definition) is 5. The Hall–Kier alpha value is -4.25. The zero-order chi connectivity index (χ0) is 27.0. The van der Waals surface area contributed by atoms with Crippen LogP contribution in [0.5, 0.6) is 0 Å². The van der Waals surface area contributed by atoms with Crippen LogP contribution in [0.1, 0.15) is 52.7 Å². The fourth-order valence-electron chi connectivity index (χ4n) is 5.22. The van der Waals surface area contributed by atoms with Gasteiger partial charge in [0.25, 0.3) is 0 Å². The molecule has 6 rings (SSSR count). The second kappa shape index (κ2) is 8.12. The molecule has 5 heteroatoms. The van der Waals surface area contributed by atoms with Gasteiger partial charge in [-0.15, -0.1) is 0 Å². The first kappa shape index (κ1) is 24.1. The first-order valence-electron chi connectivity index (χ1n) is 12.9. The van der Waals surface area contributed by atoms with Crippen LogP contribution in [0.3, 0.4) is 0 Å². The molecular weight excluding hydrogens is 470 g/mol. The van der Waals surface area contributed by atoms with Gasteiger partial charge >= 0.3 is 0 Å². The molecule has 0 unspecified atom stereocenters. The Kier molecular flexibility index (Phi) is 5.15. The van der Waals surface area contributed by atoms with E-state index in [2.05, 4.69) is 59.7 Å². The van der Waals surface area contributed by atoms with E-state index in [0.717, 1.165) is 22.0 Å². The molecule has 0 bridgehead atoms. The molecule has 0 radical (unpaired) electrons. The van der Waals surface area contributed by atoms with Crippen LogP contribution < -0.4 is 16.2 Å². The Balaban J connectivity index is 1.80. The molecule has 0 amide bonds. The molecule has 188 valence electrons. The summed E-state index contributed by atoms with van der Waals surface area (Å²) in [7, 11) is 0. The van der Waals surface area contributed by atoms with Crippen molar-refractivity contribution in [2.45, 2.75) is 52.4 Å². The molecule has 0 spiro atoms. The van der Waals surface area contributed by atoms with Crippen LogP contribution in [0.2, 0.25) is 0 Å². The number of benzene rings is 4. The van der Waals surface area contributed by atoms with Gasteiger partial charge in [-0.1, -0.05) is 102 Å². The zero-order valence-corrected chi connectivity index (χ0v) is 22.5. The van der Waals surface area contributed by atoms with Crippen molar-refractivity contribution < 1.29 is 0 Å². The highest BCUT2D eigenvalue weighted by Gasteiger charge is 2.23. The predicted octanol–water partition coefficient (Wildman–Crippen LogP) is 6.51. The van der Waals surface area contributed by atoms with Crippen molar-refractivity contribution in [3.8, 4) is 0 Å². The molecule has 5 nitrogen and oxygen atoms in total. The van der Waals surface area contributed by atoms with Crippen LogP contribution in [0.25, 0.3) is 43.6 Å². The number of aromatic nitrogens is 2. The van der Waals surface area contributed by atoms with Gasteiger partial charge in [0.05, 0.1) is 16.6 Å². The van der Waals surface area contributed by atoms with Crippen LogP contribution in [-0.2, 0) is 10.8 Å². The smallest absolute Gasteiger partial charge is 0.214 e. The van der Waals surface area contributed by atoms with Gasteiger partial charge in [-0.25, -0.2) is 15.0 Å². The standard InChI is InChI=1S/C33H29N3O2/c1-32(2,3)18-15-16-23(33(4,5)6)24(17-18)34-25-19-11-7-8-12-20(19)26-27(25)36-29-28(35-26)30(37)21-13-9-10-14-22(21)31(29)38/h7-17H,1-6H3. The molecule has 0 fully saturated rings. The fraction of sp³-hybridized carbons (Fsp3) is 0.242. The van der Waals surface area contributed by atoms with Crippen molar-refractivity contribution in [2.75, 3.05) is 0 Å². The third kappa shape index (κ3) is 3.65. The first-order valence-corrected chi connectivity index (χ1v) is 12.9. The molecule has 5 aromatic carbocycles. The molecule has 6 aromatic rings. The molecule has 0 aliphatic rings. The lowest BCUT2D eigenvalue weighted by molar-refractivity contribution is 0.577. The van der Waals surface area contributed by atoms with Crippen LogP contribution in [0.15, 0.2) is 81.3 Å². The average molecular weight is 500 g/mol. The summed E-state index contributed by atoms with van der Waals surface area (Å²) < 4.78 is 0. The molecule has 38 heavy (non-hydrogen) atoms. The molecule has 0 atom stereocenters. The fourth-order valence-corrected chi connectivity index (χ4v) is 5.22. The predicted molar refractivity (Wildman–Crippen MR) is 156 cm³/mol. The van der Waals surface area contributed by atoms with Crippen molar-refractivity contribution in [2.24, 2.45) is 4.99 Å². The highest BCUT2D eigenvalue weighted by molar-refractivity contribution is 6.10. The van der Waals surface area contributed by atoms with Gasteiger partial charge in [0.2, 0.25) is 10.9 Å². The molecule has 1 aromatic heterocycles. The maximum atomic E-state index is 13.4. The molecule has 0 N–H and O–H groups in total. The number of nitrogens with zero attached hydrogens (tertiary/aromatic N) is 3. The molecule has 0 aliphatic heterocycles. The SMILES string of the molecule is CC(C)(C)c1ccc(C(C)(C)C)c(N=c2c3ccccc3c3nc4c(=O)c5ccccc5c(=O)c4nc23)c1. The zero-order valence-electron chi connectivity index (χ0n) is 22.5. The maximum absolute atomic E-state index is 13.4. The summed E-state index contributed by atoms with van der Waals surface area (Å²) in [5.41, 5.74) is 3.75. The lowest BCUT2D eigenvalue weighted by Gasteiger charge is -2.25. The van der Waals surface area contributed by atoms with E-state index in [0.29, 0.717) is 27.2 Å². The summed E-state index contributed by atoms with van der Waals surface area (Å²) in [6, 6.07) is 21.2. The van der Waals surface area contributed by atoms with Gasteiger partial charge in [0, 0.05) is 21.5 Å². The molecule has 1 heterocycles. The second-order valence-electron chi connectivity index (χ2n) is 12.1. The Bertz CT molecular complexity index is 2080. The van der Waals surface area contributed by atoms with E-state index in [1.807, 2.05) is 24.3 Å². The van der Waals surface area contributed by atoms with Crippen LogP contribution >= 0.6 is 0 Å². The average Bonchev–Trinajstić information content (AvgIpc) is 3.18. The van der Waals surface area contributed by atoms with Crippen LogP contribution in [0.4, 0.5) is 5.69 Å². The summed E-state index contributed by atoms with van der Waals surface area (Å²) in [6.07, 6.45) is 0. The van der Waals surface area contributed by atoms with E-state index < -0.39 is 0 Å². The maximum Gasteiger partial charge on any atom is 0.214 e. The van der Waals surface area contributed by atoms with E-state index in [1.54, 1.807) is 24.3 Å². The summed E-state index contributed by atoms with van der Waals surface area (Å²) >= 11 is 0. The van der Waals surface area contributed by atoms with E-state index in [1.165, 1.54) is 5.56 Å². The van der Waals surface area contributed by atoms with E-state index in [9.17, 15) is 9.59 Å². The van der Waals surface area contributed by atoms with Gasteiger partial charge < -0.3 is 0 Å². The van der Waals surface area contributed by atoms with Crippen molar-refractivity contribution in [1.29, 1.82) is 0 Å². The van der Waals surface area contributed by atoms with Gasteiger partial charge in [-0.3, -0.25) is 9.59 Å². The monoisotopic (exact) mass is 499 g/mol. The Morgan fingerprint density at radius 3 is 1.66 bits per heavy atom. The van der Waals surface area contributed by atoms with Crippen molar-refractivity contribution in [1.82, 2.24) is 9.97 Å². The van der Waals surface area contributed by atoms with Gasteiger partial charge in [0.1, 0.15) is 16.6 Å². The van der Waals surface area contributed by atoms with Gasteiger partial charge in [-0.05, 0) is 28.0 Å². The topological polar surface area (TPSA) is 72.3 Å². The highest BCUT2D eigenvalue weighted by Crippen LogP contribution is 2.36. The third-order valence-corrected chi connectivity index (χ3v) is 7.31. The molecule has 0 aliphatic carbocycles. The lowest BCUT2D eigenvalue weighted by Crippen LogP contribution is -2.17. The molecule has 0 saturated heterocycles. The van der Waals surface area contributed by atoms with Crippen molar-refractivity contribution >= 4 is 49.3 Å². The minimum absolute atomic E-state index is 0.0457. The first-order chi connectivity index (χ1) is 17.9. The van der Waals surface area contributed by atoms with Gasteiger partial charge in [0.15, 0.2) is 0 Å². The van der Waals surface area contributed by atoms with Gasteiger partial charge in [-0.2, -0.15) is 0 Å². The van der Waals surface area contributed by atoms with E-state index in [4.69, 9.17) is 15.0 Å². The Morgan fingerprint density at radius 2 is 1.11 bits per heavy atom. The minimum Gasteiger partial charge on any atom is -0.287 e. The summed E-state index contributed by atoms with van der Waals surface area (Å²) in [6.45, 7) is 13.1. The van der Waals surface area contributed by atoms with Crippen LogP contribution in [0, 0.1) is 0 Å². The number of hydrogen-bond donors (Lipinski definition) is 0. The number of fused-ring (bicyclic) bond motifs is 5. The quantitative estimate of drug-likeness (QED) is 0.242. The normalized spacial score (nSPS) is 13.4. The summed E-state index contributed by atoms with van der Waals surface area (Å²) in [5.74, 6) is 0. The minimum atomic E-state index is -0.286. The summed E-state index contributed by atoms with van der Waals surface area (Å²) in [4.78, 5) is 41.6.